The molecule has 1 aliphatic rings. The van der Waals surface area contributed by atoms with Gasteiger partial charge in [0.15, 0.2) is 0 Å². The first-order valence-electron chi connectivity index (χ1n) is 10.9. The number of rotatable bonds is 6. The van der Waals surface area contributed by atoms with Crippen molar-refractivity contribution in [2.24, 2.45) is 0 Å². The van der Waals surface area contributed by atoms with E-state index >= 15 is 0 Å². The zero-order chi connectivity index (χ0) is 22.6. The van der Waals surface area contributed by atoms with Crippen molar-refractivity contribution in [1.82, 2.24) is 19.5 Å². The van der Waals surface area contributed by atoms with Gasteiger partial charge in [-0.2, -0.15) is 4.98 Å². The van der Waals surface area contributed by atoms with Crippen LogP contribution in [-0.2, 0) is 13.0 Å². The van der Waals surface area contributed by atoms with Crippen LogP contribution < -0.4 is 15.8 Å². The first-order valence-corrected chi connectivity index (χ1v) is 11.3. The monoisotopic (exact) mass is 458 g/mol. The van der Waals surface area contributed by atoms with Gasteiger partial charge in [-0.1, -0.05) is 60.1 Å². The Labute approximate surface area is 196 Å². The number of nitrogens with zero attached hydrogens (tertiary/aromatic N) is 5. The molecule has 2 aromatic carbocycles. The first-order chi connectivity index (χ1) is 16.2. The summed E-state index contributed by atoms with van der Waals surface area (Å²) in [6.07, 6.45) is 3.31. The second kappa shape index (κ2) is 9.42. The van der Waals surface area contributed by atoms with Gasteiger partial charge in [0.2, 0.25) is 11.9 Å². The number of nitrogens with one attached hydrogen (secondary N) is 1. The molecule has 8 heteroatoms. The van der Waals surface area contributed by atoms with Gasteiger partial charge in [0, 0.05) is 42.5 Å². The fourth-order valence-corrected chi connectivity index (χ4v) is 4.20. The lowest BCUT2D eigenvalue weighted by Crippen LogP contribution is -2.36. The maximum Gasteiger partial charge on any atom is 0.255 e. The topological polar surface area (TPSA) is 75.9 Å². The van der Waals surface area contributed by atoms with Crippen LogP contribution in [0.4, 0.5) is 17.7 Å². The van der Waals surface area contributed by atoms with Gasteiger partial charge in [-0.05, 0) is 30.5 Å². The molecule has 4 aromatic rings. The predicted molar refractivity (Wildman–Crippen MR) is 131 cm³/mol. The quantitative estimate of drug-likeness (QED) is 0.457. The SMILES string of the molecule is O=c1cc(-c2ccccc2)nc2n1CCCN2c1ccnc(NCCc2ccccc2Cl)n1. The smallest absolute Gasteiger partial charge is 0.255 e. The summed E-state index contributed by atoms with van der Waals surface area (Å²) in [5, 5.41) is 4.03. The van der Waals surface area contributed by atoms with Crippen molar-refractivity contribution in [3.05, 3.63) is 93.9 Å². The summed E-state index contributed by atoms with van der Waals surface area (Å²) in [5.41, 5.74) is 2.58. The minimum Gasteiger partial charge on any atom is -0.354 e. The summed E-state index contributed by atoms with van der Waals surface area (Å²) < 4.78 is 1.71. The fourth-order valence-electron chi connectivity index (χ4n) is 3.97. The number of aromatic nitrogens is 4. The van der Waals surface area contributed by atoms with E-state index in [1.165, 1.54) is 0 Å². The molecule has 0 atom stereocenters. The molecule has 2 aromatic heterocycles. The highest BCUT2D eigenvalue weighted by molar-refractivity contribution is 6.31. The van der Waals surface area contributed by atoms with E-state index in [-0.39, 0.29) is 5.56 Å². The van der Waals surface area contributed by atoms with Crippen molar-refractivity contribution in [3.63, 3.8) is 0 Å². The van der Waals surface area contributed by atoms with Gasteiger partial charge < -0.3 is 5.32 Å². The molecule has 0 aliphatic carbocycles. The number of fused-ring (bicyclic) bond motifs is 1. The van der Waals surface area contributed by atoms with E-state index < -0.39 is 0 Å². The van der Waals surface area contributed by atoms with E-state index in [2.05, 4.69) is 10.3 Å². The Morgan fingerprint density at radius 3 is 2.64 bits per heavy atom. The lowest BCUT2D eigenvalue weighted by atomic mass is 10.1. The Morgan fingerprint density at radius 1 is 0.970 bits per heavy atom. The minimum atomic E-state index is -0.0595. The summed E-state index contributed by atoms with van der Waals surface area (Å²) in [7, 11) is 0. The zero-order valence-corrected chi connectivity index (χ0v) is 18.7. The highest BCUT2D eigenvalue weighted by atomic mass is 35.5. The van der Waals surface area contributed by atoms with Crippen LogP contribution in [0, 0.1) is 0 Å². The van der Waals surface area contributed by atoms with Crippen LogP contribution in [0.15, 0.2) is 77.7 Å². The van der Waals surface area contributed by atoms with Crippen molar-refractivity contribution >= 4 is 29.3 Å². The standard InChI is InChI=1S/C25H23ClN6O/c26-20-10-5-4-7-18(20)11-13-27-24-28-14-12-22(30-24)31-15-6-16-32-23(33)17-21(29-25(31)32)19-8-2-1-3-9-19/h1-5,7-10,12,14,17H,6,11,13,15-16H2,(H,27,28,30). The average Bonchev–Trinajstić information content (AvgIpc) is 2.86. The molecule has 0 unspecified atom stereocenters. The summed E-state index contributed by atoms with van der Waals surface area (Å²) in [4.78, 5) is 28.7. The van der Waals surface area contributed by atoms with E-state index in [0.29, 0.717) is 36.5 Å². The Kier molecular flexibility index (Phi) is 6.04. The van der Waals surface area contributed by atoms with Crippen molar-refractivity contribution in [2.75, 3.05) is 23.3 Å². The van der Waals surface area contributed by atoms with Crippen molar-refractivity contribution in [2.45, 2.75) is 19.4 Å². The molecule has 0 saturated heterocycles. The van der Waals surface area contributed by atoms with Gasteiger partial charge in [-0.3, -0.25) is 14.3 Å². The predicted octanol–water partition coefficient (Wildman–Crippen LogP) is 4.55. The molecule has 1 aliphatic heterocycles. The third-order valence-electron chi connectivity index (χ3n) is 5.62. The third-order valence-corrected chi connectivity index (χ3v) is 5.98. The first kappa shape index (κ1) is 21.2. The van der Waals surface area contributed by atoms with Crippen molar-refractivity contribution in [1.29, 1.82) is 0 Å². The van der Waals surface area contributed by atoms with Crippen LogP contribution in [0.5, 0.6) is 0 Å². The number of hydrogen-bond donors (Lipinski definition) is 1. The van der Waals surface area contributed by atoms with Gasteiger partial charge >= 0.3 is 0 Å². The number of anilines is 3. The molecule has 0 saturated carbocycles. The third kappa shape index (κ3) is 4.59. The highest BCUT2D eigenvalue weighted by Crippen LogP contribution is 2.27. The van der Waals surface area contributed by atoms with Crippen LogP contribution in [-0.4, -0.2) is 32.6 Å². The minimum absolute atomic E-state index is 0.0595. The Hall–Kier alpha value is -3.71. The van der Waals surface area contributed by atoms with Gasteiger partial charge in [0.1, 0.15) is 5.82 Å². The summed E-state index contributed by atoms with van der Waals surface area (Å²) in [6, 6.07) is 21.0. The molecule has 0 bridgehead atoms. The fraction of sp³-hybridized carbons (Fsp3) is 0.200. The number of hydrogen-bond acceptors (Lipinski definition) is 6. The zero-order valence-electron chi connectivity index (χ0n) is 18.0. The molecule has 166 valence electrons. The average molecular weight is 459 g/mol. The van der Waals surface area contributed by atoms with Crippen LogP contribution >= 0.6 is 11.6 Å². The molecule has 5 rings (SSSR count). The van der Waals surface area contributed by atoms with Crippen LogP contribution in [0.25, 0.3) is 11.3 Å². The molecular weight excluding hydrogens is 436 g/mol. The van der Waals surface area contributed by atoms with Crippen molar-refractivity contribution in [3.8, 4) is 11.3 Å². The Balaban J connectivity index is 1.40. The molecule has 33 heavy (non-hydrogen) atoms. The Morgan fingerprint density at radius 2 is 1.79 bits per heavy atom. The lowest BCUT2D eigenvalue weighted by Gasteiger charge is -2.30. The molecule has 0 radical (unpaired) electrons. The normalized spacial score (nSPS) is 12.9. The maximum atomic E-state index is 12.8. The second-order valence-corrected chi connectivity index (χ2v) is 8.22. The molecular formula is C25H23ClN6O. The van der Waals surface area contributed by atoms with Crippen LogP contribution in [0.3, 0.4) is 0 Å². The molecule has 0 amide bonds. The Bertz CT molecular complexity index is 1320. The van der Waals surface area contributed by atoms with E-state index in [9.17, 15) is 4.79 Å². The summed E-state index contributed by atoms with van der Waals surface area (Å²) >= 11 is 6.25. The highest BCUT2D eigenvalue weighted by Gasteiger charge is 2.23. The second-order valence-electron chi connectivity index (χ2n) is 7.81. The van der Waals surface area contributed by atoms with E-state index in [1.54, 1.807) is 16.8 Å². The summed E-state index contributed by atoms with van der Waals surface area (Å²) in [5.74, 6) is 1.84. The van der Waals surface area contributed by atoms with E-state index in [4.69, 9.17) is 21.6 Å². The molecule has 0 fully saturated rings. The van der Waals surface area contributed by atoms with E-state index in [1.807, 2.05) is 65.6 Å². The number of halogens is 1. The van der Waals surface area contributed by atoms with Gasteiger partial charge in [0.25, 0.3) is 5.56 Å². The van der Waals surface area contributed by atoms with Crippen LogP contribution in [0.2, 0.25) is 5.02 Å². The molecule has 7 nitrogen and oxygen atoms in total. The van der Waals surface area contributed by atoms with Gasteiger partial charge in [-0.25, -0.2) is 9.97 Å². The largest absolute Gasteiger partial charge is 0.354 e. The van der Waals surface area contributed by atoms with Crippen molar-refractivity contribution < 1.29 is 0 Å². The van der Waals surface area contributed by atoms with Gasteiger partial charge in [0.05, 0.1) is 5.69 Å². The molecule has 0 spiro atoms. The summed E-state index contributed by atoms with van der Waals surface area (Å²) in [6.45, 7) is 2.02. The van der Waals surface area contributed by atoms with Gasteiger partial charge in [-0.15, -0.1) is 0 Å². The van der Waals surface area contributed by atoms with E-state index in [0.717, 1.165) is 35.5 Å². The lowest BCUT2D eigenvalue weighted by molar-refractivity contribution is 0.561. The maximum absolute atomic E-state index is 12.8. The molecule has 1 N–H and O–H groups in total. The number of benzene rings is 2. The molecule has 3 heterocycles. The van der Waals surface area contributed by atoms with Crippen LogP contribution in [0.1, 0.15) is 12.0 Å².